The molecule has 170 valence electrons. The highest BCUT2D eigenvalue weighted by Crippen LogP contribution is 2.26. The molecule has 2 aromatic heterocycles. The number of nitrogen functional groups attached to an aromatic ring is 1. The molecule has 0 saturated carbocycles. The Hall–Kier alpha value is -3.07. The zero-order valence-electron chi connectivity index (χ0n) is 18.6. The van der Waals surface area contributed by atoms with Gasteiger partial charge in [0.25, 0.3) is 0 Å². The van der Waals surface area contributed by atoms with Crippen LogP contribution in [0.15, 0.2) is 41.8 Å². The first-order chi connectivity index (χ1) is 15.6. The fourth-order valence-corrected chi connectivity index (χ4v) is 4.64. The summed E-state index contributed by atoms with van der Waals surface area (Å²) in [5, 5.41) is 4.25. The van der Waals surface area contributed by atoms with Crippen molar-refractivity contribution in [2.24, 2.45) is 17.0 Å². The van der Waals surface area contributed by atoms with Crippen LogP contribution in [0, 0.1) is 11.8 Å². The highest BCUT2D eigenvalue weighted by molar-refractivity contribution is 6.00. The van der Waals surface area contributed by atoms with E-state index in [2.05, 4.69) is 25.0 Å². The lowest BCUT2D eigenvalue weighted by Gasteiger charge is -2.37. The number of carbonyl (C=O) groups is 1. The van der Waals surface area contributed by atoms with Gasteiger partial charge in [0, 0.05) is 43.9 Å². The first-order valence-electron chi connectivity index (χ1n) is 11.2. The average molecular weight is 438 g/mol. The first-order valence-corrected chi connectivity index (χ1v) is 11.2. The van der Waals surface area contributed by atoms with Crippen LogP contribution >= 0.6 is 0 Å². The molecule has 0 bridgehead atoms. The third-order valence-electron chi connectivity index (χ3n) is 6.36. The third kappa shape index (κ3) is 5.40. The number of oxime groups is 1. The number of rotatable bonds is 6. The lowest BCUT2D eigenvalue weighted by atomic mass is 9.88. The third-order valence-corrected chi connectivity index (χ3v) is 6.36. The van der Waals surface area contributed by atoms with E-state index in [0.717, 1.165) is 75.5 Å². The summed E-state index contributed by atoms with van der Waals surface area (Å²) in [5.74, 6) is 0.937. The Morgan fingerprint density at radius 2 is 1.81 bits per heavy atom. The number of hydrogen-bond donors (Lipinski definition) is 1. The van der Waals surface area contributed by atoms with E-state index in [0.29, 0.717) is 5.95 Å². The summed E-state index contributed by atoms with van der Waals surface area (Å²) < 4.78 is 0. The summed E-state index contributed by atoms with van der Waals surface area (Å²) in [6, 6.07) is 7.70. The van der Waals surface area contributed by atoms with Crippen molar-refractivity contribution in [3.05, 3.63) is 48.0 Å². The fraction of sp³-hybridized carbons (Fsp3) is 0.522. The summed E-state index contributed by atoms with van der Waals surface area (Å²) in [6.45, 7) is 4.02. The van der Waals surface area contributed by atoms with E-state index in [9.17, 15) is 4.79 Å². The summed E-state index contributed by atoms with van der Waals surface area (Å²) in [5.41, 5.74) is 8.32. The van der Waals surface area contributed by atoms with E-state index in [1.807, 2.05) is 29.2 Å². The Balaban J connectivity index is 1.27. The van der Waals surface area contributed by atoms with Crippen LogP contribution in [0.5, 0.6) is 0 Å². The second-order valence-corrected chi connectivity index (χ2v) is 8.43. The molecule has 4 heterocycles. The molecular formula is C23H31N7O2. The number of pyridine rings is 1. The molecule has 1 amide bonds. The Kier molecular flexibility index (Phi) is 7.26. The van der Waals surface area contributed by atoms with Gasteiger partial charge in [0.05, 0.1) is 11.4 Å². The van der Waals surface area contributed by atoms with Gasteiger partial charge in [0.1, 0.15) is 12.8 Å². The van der Waals surface area contributed by atoms with Crippen molar-refractivity contribution >= 4 is 17.6 Å². The van der Waals surface area contributed by atoms with Gasteiger partial charge in [-0.1, -0.05) is 11.2 Å². The maximum absolute atomic E-state index is 13.1. The summed E-state index contributed by atoms with van der Waals surface area (Å²) in [7, 11) is 1.56. The number of aromatic nitrogens is 3. The minimum Gasteiger partial charge on any atom is -0.399 e. The van der Waals surface area contributed by atoms with Gasteiger partial charge in [-0.3, -0.25) is 14.7 Å². The minimum absolute atomic E-state index is 0.0983. The number of nitrogens with zero attached hydrogens (tertiary/aromatic N) is 6. The lowest BCUT2D eigenvalue weighted by Crippen LogP contribution is -2.46. The largest absolute Gasteiger partial charge is 0.399 e. The molecule has 2 aliphatic rings. The molecule has 0 aliphatic carbocycles. The molecule has 2 aliphatic heterocycles. The van der Waals surface area contributed by atoms with E-state index in [1.54, 1.807) is 19.5 Å². The summed E-state index contributed by atoms with van der Waals surface area (Å²) >= 11 is 0. The quantitative estimate of drug-likeness (QED) is 0.543. The Morgan fingerprint density at radius 3 is 2.47 bits per heavy atom. The molecule has 9 nitrogen and oxygen atoms in total. The maximum atomic E-state index is 13.1. The van der Waals surface area contributed by atoms with Crippen molar-refractivity contribution in [2.75, 3.05) is 39.0 Å². The van der Waals surface area contributed by atoms with Crippen molar-refractivity contribution in [3.63, 3.8) is 0 Å². The monoisotopic (exact) mass is 437 g/mol. The van der Waals surface area contributed by atoms with Crippen molar-refractivity contribution in [1.29, 1.82) is 0 Å². The number of hydrogen-bond acceptors (Lipinski definition) is 8. The highest BCUT2D eigenvalue weighted by Gasteiger charge is 2.32. The number of likely N-dealkylation sites (tertiary alicyclic amines) is 2. The van der Waals surface area contributed by atoms with E-state index < -0.39 is 0 Å². The van der Waals surface area contributed by atoms with Crippen molar-refractivity contribution in [1.82, 2.24) is 24.8 Å². The van der Waals surface area contributed by atoms with Gasteiger partial charge in [0.15, 0.2) is 0 Å². The Morgan fingerprint density at radius 1 is 1.06 bits per heavy atom. The van der Waals surface area contributed by atoms with Gasteiger partial charge in [0.2, 0.25) is 11.9 Å². The maximum Gasteiger partial charge on any atom is 0.225 e. The smallest absolute Gasteiger partial charge is 0.225 e. The van der Waals surface area contributed by atoms with Gasteiger partial charge in [-0.05, 0) is 57.0 Å². The summed E-state index contributed by atoms with van der Waals surface area (Å²) in [4.78, 5) is 35.2. The molecule has 9 heteroatoms. The zero-order valence-corrected chi connectivity index (χ0v) is 18.6. The molecule has 0 radical (unpaired) electrons. The summed E-state index contributed by atoms with van der Waals surface area (Å²) in [6.07, 6.45) is 6.96. The number of carbonyl (C=O) groups excluding carboxylic acids is 1. The van der Waals surface area contributed by atoms with Crippen molar-refractivity contribution < 1.29 is 9.63 Å². The van der Waals surface area contributed by atoms with Gasteiger partial charge < -0.3 is 15.5 Å². The second-order valence-electron chi connectivity index (χ2n) is 8.43. The van der Waals surface area contributed by atoms with Gasteiger partial charge in [-0.25, -0.2) is 9.97 Å². The highest BCUT2D eigenvalue weighted by atomic mass is 16.6. The molecule has 2 aromatic rings. The van der Waals surface area contributed by atoms with Crippen LogP contribution in [0.1, 0.15) is 37.1 Å². The molecule has 0 atom stereocenters. The number of nitrogens with two attached hydrogens (primary N) is 1. The Labute approximate surface area is 188 Å². The fourth-order valence-electron chi connectivity index (χ4n) is 4.64. The topological polar surface area (TPSA) is 110 Å². The molecule has 0 spiro atoms. The van der Waals surface area contributed by atoms with Gasteiger partial charge in [-0.15, -0.1) is 0 Å². The SMILES string of the molecule is CO/N=C(/c1ccccn1)C1CCN(C(=O)C2CCN(Cc3ccnc(N)n3)CC2)CC1. The first kappa shape index (κ1) is 22.1. The van der Waals surface area contributed by atoms with Crippen molar-refractivity contribution in [3.8, 4) is 0 Å². The normalized spacial score (nSPS) is 19.2. The molecule has 2 fully saturated rings. The molecular weight excluding hydrogens is 406 g/mol. The van der Waals surface area contributed by atoms with E-state index in [4.69, 9.17) is 10.6 Å². The zero-order chi connectivity index (χ0) is 22.3. The second kappa shape index (κ2) is 10.5. The molecule has 2 N–H and O–H groups in total. The average Bonchev–Trinajstić information content (AvgIpc) is 2.83. The van der Waals surface area contributed by atoms with Gasteiger partial charge in [-0.2, -0.15) is 0 Å². The number of anilines is 1. The van der Waals surface area contributed by atoms with E-state index in [-0.39, 0.29) is 17.7 Å². The van der Waals surface area contributed by atoms with Crippen LogP contribution in [-0.4, -0.2) is 69.7 Å². The van der Waals surface area contributed by atoms with Crippen LogP contribution in [0.4, 0.5) is 5.95 Å². The number of piperidine rings is 2. The van der Waals surface area contributed by atoms with Crippen molar-refractivity contribution in [2.45, 2.75) is 32.2 Å². The predicted octanol–water partition coefficient (Wildman–Crippen LogP) is 1.96. The van der Waals surface area contributed by atoms with E-state index in [1.165, 1.54) is 0 Å². The molecule has 32 heavy (non-hydrogen) atoms. The minimum atomic E-state index is 0.0983. The number of amides is 1. The standard InChI is InChI=1S/C23H31N7O2/c1-32-28-21(20-4-2-3-10-25-20)17-8-14-30(15-9-17)22(31)18-6-12-29(13-7-18)16-19-5-11-26-23(24)27-19/h2-5,10-11,17-18H,6-9,12-16H2,1H3,(H2,24,26,27)/b28-21+. The van der Waals surface area contributed by atoms with Gasteiger partial charge >= 0.3 is 0 Å². The van der Waals surface area contributed by atoms with Crippen LogP contribution in [-0.2, 0) is 16.2 Å². The molecule has 2 saturated heterocycles. The molecule has 4 rings (SSSR count). The Bertz CT molecular complexity index is 921. The van der Waals surface area contributed by atoms with Crippen LogP contribution in [0.25, 0.3) is 0 Å². The van der Waals surface area contributed by atoms with Crippen LogP contribution in [0.3, 0.4) is 0 Å². The lowest BCUT2D eigenvalue weighted by molar-refractivity contribution is -0.138. The molecule has 0 aromatic carbocycles. The predicted molar refractivity (Wildman–Crippen MR) is 122 cm³/mol. The van der Waals surface area contributed by atoms with Crippen LogP contribution < -0.4 is 5.73 Å². The van der Waals surface area contributed by atoms with E-state index >= 15 is 0 Å². The van der Waals surface area contributed by atoms with Crippen LogP contribution in [0.2, 0.25) is 0 Å². The molecule has 0 unspecified atom stereocenters.